The largest absolute Gasteiger partial charge is 0.302 e. The van der Waals surface area contributed by atoms with Gasteiger partial charge >= 0.3 is 0 Å². The van der Waals surface area contributed by atoms with E-state index in [1.54, 1.807) is 5.56 Å². The van der Waals surface area contributed by atoms with E-state index in [0.29, 0.717) is 0 Å². The molecule has 3 rings (SSSR count). The first-order chi connectivity index (χ1) is 6.92. The van der Waals surface area contributed by atoms with Crippen molar-refractivity contribution in [2.45, 2.75) is 23.0 Å². The Bertz CT molecular complexity index is 308. The van der Waals surface area contributed by atoms with E-state index >= 15 is 0 Å². The van der Waals surface area contributed by atoms with E-state index in [1.165, 1.54) is 37.4 Å². The quantitative estimate of drug-likeness (QED) is 0.729. The van der Waals surface area contributed by atoms with E-state index in [4.69, 9.17) is 0 Å². The van der Waals surface area contributed by atoms with Gasteiger partial charge in [-0.3, -0.25) is 0 Å². The zero-order valence-corrected chi connectivity index (χ0v) is 9.09. The van der Waals surface area contributed by atoms with Crippen molar-refractivity contribution in [2.24, 2.45) is 0 Å². The second kappa shape index (κ2) is 3.59. The van der Waals surface area contributed by atoms with E-state index in [1.807, 2.05) is 0 Å². The van der Waals surface area contributed by atoms with Crippen LogP contribution in [0.2, 0.25) is 0 Å². The van der Waals surface area contributed by atoms with Crippen LogP contribution in [0.5, 0.6) is 0 Å². The lowest BCUT2D eigenvalue weighted by Gasteiger charge is -2.32. The Morgan fingerprint density at radius 2 is 2.14 bits per heavy atom. The highest BCUT2D eigenvalue weighted by atomic mass is 32.2. The summed E-state index contributed by atoms with van der Waals surface area (Å²) in [7, 11) is 0. The maximum atomic E-state index is 2.57. The fourth-order valence-corrected chi connectivity index (χ4v) is 3.58. The topological polar surface area (TPSA) is 3.24 Å². The molecule has 2 aliphatic heterocycles. The molecular weight excluding hydrogens is 190 g/mol. The van der Waals surface area contributed by atoms with Crippen LogP contribution in [-0.2, 0) is 6.42 Å². The van der Waals surface area contributed by atoms with Crippen LogP contribution in [0.15, 0.2) is 29.2 Å². The zero-order chi connectivity index (χ0) is 9.38. The lowest BCUT2D eigenvalue weighted by atomic mass is 10.1. The van der Waals surface area contributed by atoms with E-state index in [-0.39, 0.29) is 0 Å². The maximum Gasteiger partial charge on any atom is 0.0263 e. The highest BCUT2D eigenvalue weighted by Gasteiger charge is 2.25. The molecule has 0 N–H and O–H groups in total. The molecule has 0 spiro atoms. The summed E-state index contributed by atoms with van der Waals surface area (Å²) in [4.78, 5) is 4.09. The molecule has 1 unspecified atom stereocenters. The molecule has 0 aliphatic carbocycles. The number of benzene rings is 1. The molecule has 0 saturated carbocycles. The van der Waals surface area contributed by atoms with Crippen molar-refractivity contribution in [3.8, 4) is 0 Å². The summed E-state index contributed by atoms with van der Waals surface area (Å²) >= 11 is 2.07. The van der Waals surface area contributed by atoms with Crippen molar-refractivity contribution >= 4 is 11.8 Å². The third-order valence-electron chi connectivity index (χ3n) is 3.12. The Labute approximate surface area is 89.5 Å². The first-order valence-electron chi connectivity index (χ1n) is 5.39. The highest BCUT2D eigenvalue weighted by molar-refractivity contribution is 8.00. The van der Waals surface area contributed by atoms with Gasteiger partial charge in [-0.25, -0.2) is 0 Å². The van der Waals surface area contributed by atoms with Crippen LogP contribution in [0, 0.1) is 0 Å². The van der Waals surface area contributed by atoms with Crippen LogP contribution in [0.1, 0.15) is 12.0 Å². The number of hydrogen-bond donors (Lipinski definition) is 0. The Morgan fingerprint density at radius 3 is 2.86 bits per heavy atom. The van der Waals surface area contributed by atoms with Crippen molar-refractivity contribution in [3.05, 3.63) is 29.8 Å². The summed E-state index contributed by atoms with van der Waals surface area (Å²) in [6.07, 6.45) is 2.68. The van der Waals surface area contributed by atoms with Gasteiger partial charge in [0, 0.05) is 16.7 Å². The van der Waals surface area contributed by atoms with Crippen molar-refractivity contribution < 1.29 is 0 Å². The fraction of sp³-hybridized carbons (Fsp3) is 0.500. The van der Waals surface area contributed by atoms with Gasteiger partial charge in [0.15, 0.2) is 0 Å². The van der Waals surface area contributed by atoms with Crippen LogP contribution in [0.25, 0.3) is 0 Å². The molecule has 2 heteroatoms. The Balaban J connectivity index is 1.66. The number of likely N-dealkylation sites (tertiary alicyclic amines) is 1. The summed E-state index contributed by atoms with van der Waals surface area (Å²) in [5, 5.41) is 0.813. The predicted molar refractivity (Wildman–Crippen MR) is 60.8 cm³/mol. The fourth-order valence-electron chi connectivity index (χ4n) is 2.21. The zero-order valence-electron chi connectivity index (χ0n) is 8.28. The number of hydrogen-bond acceptors (Lipinski definition) is 2. The van der Waals surface area contributed by atoms with Gasteiger partial charge in [-0.05, 0) is 37.6 Å². The second-order valence-electron chi connectivity index (χ2n) is 4.21. The molecule has 1 atom stereocenters. The number of rotatable bonds is 2. The molecule has 74 valence electrons. The lowest BCUT2D eigenvalue weighted by molar-refractivity contribution is 0.182. The molecule has 1 nitrogen and oxygen atoms in total. The molecule has 2 heterocycles. The number of fused-ring (bicyclic) bond motifs is 1. The van der Waals surface area contributed by atoms with Gasteiger partial charge < -0.3 is 4.90 Å². The third-order valence-corrected chi connectivity index (χ3v) is 4.43. The van der Waals surface area contributed by atoms with Crippen molar-refractivity contribution in [1.82, 2.24) is 4.90 Å². The second-order valence-corrected chi connectivity index (χ2v) is 5.55. The molecule has 0 bridgehead atoms. The highest BCUT2D eigenvalue weighted by Crippen LogP contribution is 2.37. The van der Waals surface area contributed by atoms with E-state index in [2.05, 4.69) is 40.9 Å². The first-order valence-corrected chi connectivity index (χ1v) is 6.27. The molecule has 0 radical (unpaired) electrons. The summed E-state index contributed by atoms with van der Waals surface area (Å²) in [6, 6.07) is 8.85. The molecule has 2 aliphatic rings. The lowest BCUT2D eigenvalue weighted by Crippen LogP contribution is -2.41. The minimum Gasteiger partial charge on any atom is -0.302 e. The molecule has 1 aromatic rings. The monoisotopic (exact) mass is 205 g/mol. The number of thioether (sulfide) groups is 1. The van der Waals surface area contributed by atoms with Crippen molar-refractivity contribution in [3.63, 3.8) is 0 Å². The van der Waals surface area contributed by atoms with Crippen LogP contribution in [0.4, 0.5) is 0 Å². The van der Waals surface area contributed by atoms with Gasteiger partial charge in [0.1, 0.15) is 0 Å². The van der Waals surface area contributed by atoms with Crippen LogP contribution < -0.4 is 0 Å². The van der Waals surface area contributed by atoms with Crippen molar-refractivity contribution in [1.29, 1.82) is 0 Å². The normalized spacial score (nSPS) is 25.9. The van der Waals surface area contributed by atoms with Gasteiger partial charge in [0.25, 0.3) is 0 Å². The molecule has 0 aromatic heterocycles. The smallest absolute Gasteiger partial charge is 0.0263 e. The molecule has 1 fully saturated rings. The van der Waals surface area contributed by atoms with Gasteiger partial charge in [-0.1, -0.05) is 18.2 Å². The van der Waals surface area contributed by atoms with E-state index in [0.717, 1.165) is 5.25 Å². The molecular formula is C12H15NS. The Hall–Kier alpha value is -0.470. The van der Waals surface area contributed by atoms with Crippen LogP contribution >= 0.6 is 11.8 Å². The van der Waals surface area contributed by atoms with Gasteiger partial charge in [-0.2, -0.15) is 0 Å². The summed E-state index contributed by atoms with van der Waals surface area (Å²) in [5.41, 5.74) is 1.56. The predicted octanol–water partition coefficient (Wildman–Crippen LogP) is 2.41. The molecule has 1 saturated heterocycles. The SMILES string of the molecule is c1ccc2c(c1)CC(CN1CCC1)S2. The Kier molecular flexibility index (Phi) is 2.26. The Morgan fingerprint density at radius 1 is 1.29 bits per heavy atom. The third kappa shape index (κ3) is 1.57. The summed E-state index contributed by atoms with van der Waals surface area (Å²) in [6.45, 7) is 3.94. The van der Waals surface area contributed by atoms with Crippen LogP contribution in [0.3, 0.4) is 0 Å². The average molecular weight is 205 g/mol. The van der Waals surface area contributed by atoms with E-state index < -0.39 is 0 Å². The minimum atomic E-state index is 0.813. The van der Waals surface area contributed by atoms with E-state index in [9.17, 15) is 0 Å². The van der Waals surface area contributed by atoms with Gasteiger partial charge in [0.05, 0.1) is 0 Å². The number of nitrogens with zero attached hydrogens (tertiary/aromatic N) is 1. The molecule has 14 heavy (non-hydrogen) atoms. The van der Waals surface area contributed by atoms with Gasteiger partial charge in [0.2, 0.25) is 0 Å². The first kappa shape index (κ1) is 8.81. The minimum absolute atomic E-state index is 0.813. The van der Waals surface area contributed by atoms with Crippen molar-refractivity contribution in [2.75, 3.05) is 19.6 Å². The molecule has 0 amide bonds. The molecule has 1 aromatic carbocycles. The summed E-state index contributed by atoms with van der Waals surface area (Å²) in [5.74, 6) is 0. The average Bonchev–Trinajstić information content (AvgIpc) is 2.53. The van der Waals surface area contributed by atoms with Gasteiger partial charge in [-0.15, -0.1) is 11.8 Å². The summed E-state index contributed by atoms with van der Waals surface area (Å²) < 4.78 is 0. The standard InChI is InChI=1S/C12H15NS/c1-2-5-12-10(4-1)8-11(14-12)9-13-6-3-7-13/h1-2,4-5,11H,3,6-9H2. The maximum absolute atomic E-state index is 2.57. The van der Waals surface area contributed by atoms with Crippen LogP contribution in [-0.4, -0.2) is 29.8 Å².